The van der Waals surface area contributed by atoms with Crippen LogP contribution in [-0.2, 0) is 0 Å². The maximum absolute atomic E-state index is 12.0. The van der Waals surface area contributed by atoms with E-state index in [1.807, 2.05) is 13.0 Å². The first-order chi connectivity index (χ1) is 10.5. The van der Waals surface area contributed by atoms with E-state index in [2.05, 4.69) is 4.74 Å². The molecular formula is C16H13ClF2O3. The molecule has 0 atom stereocenters. The van der Waals surface area contributed by atoms with E-state index in [1.54, 1.807) is 12.1 Å². The summed E-state index contributed by atoms with van der Waals surface area (Å²) in [5.74, 6) is 0.128. The fourth-order valence-corrected chi connectivity index (χ4v) is 1.94. The molecule has 22 heavy (non-hydrogen) atoms. The van der Waals surface area contributed by atoms with Gasteiger partial charge in [0.2, 0.25) is 0 Å². The molecule has 0 aliphatic heterocycles. The number of ether oxygens (including phenoxy) is 2. The zero-order valence-corrected chi connectivity index (χ0v) is 12.4. The van der Waals surface area contributed by atoms with Crippen molar-refractivity contribution in [3.05, 3.63) is 58.6 Å². The van der Waals surface area contributed by atoms with Gasteiger partial charge in [-0.15, -0.1) is 0 Å². The number of halogens is 3. The summed E-state index contributed by atoms with van der Waals surface area (Å²) in [6.07, 6.45) is 0. The largest absolute Gasteiger partial charge is 0.484 e. The van der Waals surface area contributed by atoms with Crippen LogP contribution in [0, 0.1) is 6.92 Å². The van der Waals surface area contributed by atoms with Crippen LogP contribution in [0.15, 0.2) is 42.5 Å². The van der Waals surface area contributed by atoms with Crippen LogP contribution in [0.25, 0.3) is 0 Å². The Morgan fingerprint density at radius 2 is 1.86 bits per heavy atom. The lowest BCUT2D eigenvalue weighted by atomic mass is 10.1. The summed E-state index contributed by atoms with van der Waals surface area (Å²) < 4.78 is 33.7. The Balaban J connectivity index is 1.98. The molecule has 0 spiro atoms. The van der Waals surface area contributed by atoms with Gasteiger partial charge in [0.1, 0.15) is 11.5 Å². The summed E-state index contributed by atoms with van der Waals surface area (Å²) in [7, 11) is 0. The first-order valence-electron chi connectivity index (χ1n) is 6.43. The lowest BCUT2D eigenvalue weighted by molar-refractivity contribution is -0.0498. The quantitative estimate of drug-likeness (QED) is 0.733. The second-order valence-corrected chi connectivity index (χ2v) is 4.96. The van der Waals surface area contributed by atoms with Crippen molar-refractivity contribution in [2.75, 3.05) is 6.61 Å². The third-order valence-corrected chi connectivity index (χ3v) is 3.16. The molecule has 0 saturated heterocycles. The zero-order chi connectivity index (χ0) is 16.1. The molecule has 3 nitrogen and oxygen atoms in total. The average molecular weight is 327 g/mol. The van der Waals surface area contributed by atoms with E-state index in [9.17, 15) is 13.6 Å². The van der Waals surface area contributed by atoms with Crippen LogP contribution in [0.2, 0.25) is 5.02 Å². The Bertz CT molecular complexity index is 657. The molecule has 0 unspecified atom stereocenters. The normalized spacial score (nSPS) is 10.6. The van der Waals surface area contributed by atoms with E-state index in [0.717, 1.165) is 5.56 Å². The number of carbonyl (C=O) groups excluding carboxylic acids is 1. The maximum Gasteiger partial charge on any atom is 0.387 e. The molecule has 0 saturated carbocycles. The molecule has 116 valence electrons. The van der Waals surface area contributed by atoms with Crippen molar-refractivity contribution in [3.63, 3.8) is 0 Å². The van der Waals surface area contributed by atoms with Crippen molar-refractivity contribution in [3.8, 4) is 11.5 Å². The number of ketones is 1. The van der Waals surface area contributed by atoms with Crippen LogP contribution in [0.4, 0.5) is 8.78 Å². The lowest BCUT2D eigenvalue weighted by Gasteiger charge is -2.09. The third kappa shape index (κ3) is 4.43. The predicted molar refractivity (Wildman–Crippen MR) is 79.1 cm³/mol. The van der Waals surface area contributed by atoms with E-state index < -0.39 is 6.61 Å². The maximum atomic E-state index is 12.0. The van der Waals surface area contributed by atoms with Gasteiger partial charge in [-0.25, -0.2) is 0 Å². The van der Waals surface area contributed by atoms with Crippen LogP contribution in [0.1, 0.15) is 15.9 Å². The summed E-state index contributed by atoms with van der Waals surface area (Å²) in [5, 5.41) is 0.416. The van der Waals surface area contributed by atoms with Gasteiger partial charge in [0.05, 0.1) is 5.02 Å². The molecule has 2 aromatic carbocycles. The number of hydrogen-bond acceptors (Lipinski definition) is 3. The van der Waals surface area contributed by atoms with E-state index >= 15 is 0 Å². The first-order valence-corrected chi connectivity index (χ1v) is 6.80. The Hall–Kier alpha value is -2.14. The predicted octanol–water partition coefficient (Wildman–Crippen LogP) is 4.51. The summed E-state index contributed by atoms with van der Waals surface area (Å²) >= 11 is 5.97. The van der Waals surface area contributed by atoms with Gasteiger partial charge in [-0.05, 0) is 48.9 Å². The number of benzene rings is 2. The highest BCUT2D eigenvalue weighted by atomic mass is 35.5. The lowest BCUT2D eigenvalue weighted by Crippen LogP contribution is -2.12. The minimum Gasteiger partial charge on any atom is -0.484 e. The summed E-state index contributed by atoms with van der Waals surface area (Å²) in [6.45, 7) is -1.21. The molecule has 0 bridgehead atoms. The van der Waals surface area contributed by atoms with Gasteiger partial charge in [-0.2, -0.15) is 8.78 Å². The van der Waals surface area contributed by atoms with Crippen LogP contribution in [0.5, 0.6) is 11.5 Å². The van der Waals surface area contributed by atoms with Gasteiger partial charge >= 0.3 is 6.61 Å². The van der Waals surface area contributed by atoms with Gasteiger partial charge in [-0.3, -0.25) is 4.79 Å². The topological polar surface area (TPSA) is 35.5 Å². The number of rotatable bonds is 6. The van der Waals surface area contributed by atoms with Crippen molar-refractivity contribution in [2.24, 2.45) is 0 Å². The monoisotopic (exact) mass is 326 g/mol. The fourth-order valence-electron chi connectivity index (χ4n) is 1.77. The average Bonchev–Trinajstić information content (AvgIpc) is 2.48. The fraction of sp³-hybridized carbons (Fsp3) is 0.188. The molecule has 0 N–H and O–H groups in total. The molecule has 0 heterocycles. The van der Waals surface area contributed by atoms with Crippen LogP contribution in [0.3, 0.4) is 0 Å². The number of carbonyl (C=O) groups is 1. The third-order valence-electron chi connectivity index (χ3n) is 2.85. The summed E-state index contributed by atoms with van der Waals surface area (Å²) in [4.78, 5) is 12.0. The highest BCUT2D eigenvalue weighted by Gasteiger charge is 2.10. The van der Waals surface area contributed by atoms with Gasteiger partial charge in [0, 0.05) is 5.56 Å². The standard InChI is InChI=1S/C16H13ClF2O3/c1-10-2-7-13(17)15(8-10)21-9-14(20)11-3-5-12(6-4-11)22-16(18)19/h2-8,16H,9H2,1H3. The number of aryl methyl sites for hydroxylation is 1. The van der Waals surface area contributed by atoms with E-state index in [-0.39, 0.29) is 18.1 Å². The Kier molecular flexibility index (Phi) is 5.33. The van der Waals surface area contributed by atoms with Crippen molar-refractivity contribution in [2.45, 2.75) is 13.5 Å². The Morgan fingerprint density at radius 3 is 2.50 bits per heavy atom. The van der Waals surface area contributed by atoms with Crippen molar-refractivity contribution in [1.29, 1.82) is 0 Å². The molecule has 0 aliphatic carbocycles. The zero-order valence-electron chi connectivity index (χ0n) is 11.7. The van der Waals surface area contributed by atoms with Gasteiger partial charge in [-0.1, -0.05) is 17.7 Å². The summed E-state index contributed by atoms with van der Waals surface area (Å²) in [5.41, 5.74) is 1.30. The number of hydrogen-bond donors (Lipinski definition) is 0. The minimum atomic E-state index is -2.90. The van der Waals surface area contributed by atoms with E-state index in [0.29, 0.717) is 16.3 Å². The number of alkyl halides is 2. The Morgan fingerprint density at radius 1 is 1.18 bits per heavy atom. The molecule has 2 aromatic rings. The molecule has 6 heteroatoms. The SMILES string of the molecule is Cc1ccc(Cl)c(OCC(=O)c2ccc(OC(F)F)cc2)c1. The van der Waals surface area contributed by atoms with Crippen molar-refractivity contribution < 1.29 is 23.0 Å². The molecule has 0 fully saturated rings. The molecule has 0 aliphatic rings. The highest BCUT2D eigenvalue weighted by molar-refractivity contribution is 6.32. The summed E-state index contributed by atoms with van der Waals surface area (Å²) in [6, 6.07) is 10.7. The van der Waals surface area contributed by atoms with Gasteiger partial charge < -0.3 is 9.47 Å². The van der Waals surface area contributed by atoms with Crippen LogP contribution in [-0.4, -0.2) is 19.0 Å². The molecule has 0 radical (unpaired) electrons. The molecule has 2 rings (SSSR count). The van der Waals surface area contributed by atoms with E-state index in [4.69, 9.17) is 16.3 Å². The first kappa shape index (κ1) is 16.2. The number of Topliss-reactive ketones (excluding diaryl/α,β-unsaturated/α-hetero) is 1. The second-order valence-electron chi connectivity index (χ2n) is 4.55. The van der Waals surface area contributed by atoms with Crippen molar-refractivity contribution in [1.82, 2.24) is 0 Å². The minimum absolute atomic E-state index is 0.00537. The van der Waals surface area contributed by atoms with Gasteiger partial charge in [0.25, 0.3) is 0 Å². The molecule has 0 aromatic heterocycles. The Labute approximate surface area is 131 Å². The van der Waals surface area contributed by atoms with Crippen LogP contribution < -0.4 is 9.47 Å². The molecular weight excluding hydrogens is 314 g/mol. The smallest absolute Gasteiger partial charge is 0.387 e. The van der Waals surface area contributed by atoms with E-state index in [1.165, 1.54) is 24.3 Å². The van der Waals surface area contributed by atoms with Crippen LogP contribution >= 0.6 is 11.6 Å². The van der Waals surface area contributed by atoms with Crippen molar-refractivity contribution >= 4 is 17.4 Å². The van der Waals surface area contributed by atoms with Gasteiger partial charge in [0.15, 0.2) is 12.4 Å². The highest BCUT2D eigenvalue weighted by Crippen LogP contribution is 2.25. The molecule has 0 amide bonds. The second kappa shape index (κ2) is 7.22.